The quantitative estimate of drug-likeness (QED) is 0.676. The molecule has 4 nitrogen and oxygen atoms in total. The normalized spacial score (nSPS) is 27.2. The summed E-state index contributed by atoms with van der Waals surface area (Å²) in [4.78, 5) is 15.2. The van der Waals surface area contributed by atoms with Crippen LogP contribution in [0.3, 0.4) is 0 Å². The van der Waals surface area contributed by atoms with Crippen LogP contribution in [0.15, 0.2) is 4.99 Å². The summed E-state index contributed by atoms with van der Waals surface area (Å²) in [6.07, 6.45) is 2.22. The van der Waals surface area contributed by atoms with E-state index in [1.165, 1.54) is 0 Å². The van der Waals surface area contributed by atoms with Crippen LogP contribution in [0.25, 0.3) is 0 Å². The molecule has 0 spiro atoms. The van der Waals surface area contributed by atoms with E-state index in [1.54, 1.807) is 6.21 Å². The summed E-state index contributed by atoms with van der Waals surface area (Å²) in [6, 6.07) is 0. The predicted molar refractivity (Wildman–Crippen MR) is 60.3 cm³/mol. The van der Waals surface area contributed by atoms with Gasteiger partial charge in [-0.3, -0.25) is 0 Å². The Bertz CT molecular complexity index is 260. The van der Waals surface area contributed by atoms with Gasteiger partial charge in [0, 0.05) is 18.2 Å². The van der Waals surface area contributed by atoms with Gasteiger partial charge in [-0.05, 0) is 33.7 Å². The van der Waals surface area contributed by atoms with Crippen LogP contribution in [0.2, 0.25) is 0 Å². The SMILES string of the molecule is CC1(C=NC(=O)OC(C)(C)C)CCNC1. The zero-order chi connectivity index (χ0) is 11.5. The van der Waals surface area contributed by atoms with Crippen molar-refractivity contribution in [3.8, 4) is 0 Å². The molecule has 1 rings (SSSR count). The van der Waals surface area contributed by atoms with Crippen LogP contribution >= 0.6 is 0 Å². The van der Waals surface area contributed by atoms with Crippen molar-refractivity contribution in [3.05, 3.63) is 0 Å². The van der Waals surface area contributed by atoms with Gasteiger partial charge in [-0.25, -0.2) is 4.79 Å². The Labute approximate surface area is 91.1 Å². The van der Waals surface area contributed by atoms with Crippen molar-refractivity contribution in [1.29, 1.82) is 0 Å². The molecule has 1 unspecified atom stereocenters. The number of rotatable bonds is 1. The summed E-state index contributed by atoms with van der Waals surface area (Å²) in [5.74, 6) is 0. The van der Waals surface area contributed by atoms with Gasteiger partial charge in [-0.1, -0.05) is 6.92 Å². The minimum atomic E-state index is -0.504. The fraction of sp³-hybridized carbons (Fsp3) is 0.818. The highest BCUT2D eigenvalue weighted by Gasteiger charge is 2.27. The first-order valence-corrected chi connectivity index (χ1v) is 5.30. The highest BCUT2D eigenvalue weighted by molar-refractivity contribution is 5.82. The lowest BCUT2D eigenvalue weighted by Gasteiger charge is -2.19. The Hall–Kier alpha value is -0.900. The molecule has 0 bridgehead atoms. The first kappa shape index (κ1) is 12.2. The molecule has 0 aliphatic carbocycles. The summed E-state index contributed by atoms with van der Waals surface area (Å²) in [6.45, 7) is 9.44. The third-order valence-electron chi connectivity index (χ3n) is 2.28. The van der Waals surface area contributed by atoms with Crippen LogP contribution in [0, 0.1) is 5.41 Å². The van der Waals surface area contributed by atoms with E-state index in [0.717, 1.165) is 19.5 Å². The average molecular weight is 212 g/mol. The number of nitrogens with one attached hydrogen (secondary N) is 1. The second-order valence-electron chi connectivity index (χ2n) is 5.32. The molecule has 4 heteroatoms. The van der Waals surface area contributed by atoms with Crippen molar-refractivity contribution in [2.24, 2.45) is 10.4 Å². The minimum Gasteiger partial charge on any atom is -0.442 e. The standard InChI is InChI=1S/C11H20N2O2/c1-10(2,3)15-9(14)13-8-11(4)5-6-12-7-11/h8,12H,5-7H2,1-4H3. The van der Waals surface area contributed by atoms with Gasteiger partial charge in [0.05, 0.1) is 0 Å². The second-order valence-corrected chi connectivity index (χ2v) is 5.32. The van der Waals surface area contributed by atoms with E-state index >= 15 is 0 Å². The fourth-order valence-corrected chi connectivity index (χ4v) is 1.44. The van der Waals surface area contributed by atoms with Gasteiger partial charge in [-0.2, -0.15) is 4.99 Å². The Kier molecular flexibility index (Phi) is 3.50. The average Bonchev–Trinajstić information content (AvgIpc) is 2.47. The molecule has 0 aromatic rings. The lowest BCUT2D eigenvalue weighted by atomic mass is 9.92. The number of ether oxygens (including phenoxy) is 1. The Morgan fingerprint density at radius 1 is 1.53 bits per heavy atom. The van der Waals surface area contributed by atoms with Crippen molar-refractivity contribution < 1.29 is 9.53 Å². The molecule has 1 heterocycles. The molecule has 1 amide bonds. The van der Waals surface area contributed by atoms with Crippen LogP contribution in [0.4, 0.5) is 4.79 Å². The maximum absolute atomic E-state index is 11.3. The van der Waals surface area contributed by atoms with E-state index in [1.807, 2.05) is 20.8 Å². The van der Waals surface area contributed by atoms with Crippen LogP contribution in [-0.4, -0.2) is 31.0 Å². The lowest BCUT2D eigenvalue weighted by Crippen LogP contribution is -2.25. The van der Waals surface area contributed by atoms with Gasteiger partial charge in [0.15, 0.2) is 0 Å². The maximum Gasteiger partial charge on any atom is 0.433 e. The molecule has 1 fully saturated rings. The molecule has 0 saturated carbocycles. The van der Waals surface area contributed by atoms with Crippen LogP contribution < -0.4 is 5.32 Å². The molecule has 1 atom stereocenters. The monoisotopic (exact) mass is 212 g/mol. The summed E-state index contributed by atoms with van der Waals surface area (Å²) in [5.41, 5.74) is -0.472. The molecule has 0 aromatic heterocycles. The summed E-state index contributed by atoms with van der Waals surface area (Å²) < 4.78 is 5.09. The first-order valence-electron chi connectivity index (χ1n) is 5.30. The van der Waals surface area contributed by atoms with E-state index < -0.39 is 11.7 Å². The maximum atomic E-state index is 11.3. The van der Waals surface area contributed by atoms with E-state index in [0.29, 0.717) is 0 Å². The highest BCUT2D eigenvalue weighted by Crippen LogP contribution is 2.21. The number of aliphatic imine (C=N–C) groups is 1. The van der Waals surface area contributed by atoms with Crippen molar-refractivity contribution in [2.75, 3.05) is 13.1 Å². The molecular formula is C11H20N2O2. The van der Waals surface area contributed by atoms with Gasteiger partial charge in [0.2, 0.25) is 0 Å². The smallest absolute Gasteiger partial charge is 0.433 e. The van der Waals surface area contributed by atoms with Gasteiger partial charge >= 0.3 is 6.09 Å². The molecule has 15 heavy (non-hydrogen) atoms. The highest BCUT2D eigenvalue weighted by atomic mass is 16.6. The largest absolute Gasteiger partial charge is 0.442 e. The molecule has 1 aliphatic rings. The van der Waals surface area contributed by atoms with Crippen molar-refractivity contribution >= 4 is 12.3 Å². The lowest BCUT2D eigenvalue weighted by molar-refractivity contribution is 0.0603. The van der Waals surface area contributed by atoms with Gasteiger partial charge in [-0.15, -0.1) is 0 Å². The minimum absolute atomic E-state index is 0.00307. The van der Waals surface area contributed by atoms with E-state index in [4.69, 9.17) is 4.74 Å². The zero-order valence-electron chi connectivity index (χ0n) is 9.96. The van der Waals surface area contributed by atoms with Crippen molar-refractivity contribution in [1.82, 2.24) is 5.32 Å². The fourth-order valence-electron chi connectivity index (χ4n) is 1.44. The number of amides is 1. The third kappa shape index (κ3) is 4.42. The number of hydrogen-bond acceptors (Lipinski definition) is 3. The second kappa shape index (κ2) is 4.31. The van der Waals surface area contributed by atoms with Crippen LogP contribution in [-0.2, 0) is 4.74 Å². The van der Waals surface area contributed by atoms with Crippen molar-refractivity contribution in [2.45, 2.75) is 39.7 Å². The number of hydrogen-bond donors (Lipinski definition) is 1. The number of carbonyl (C=O) groups is 1. The van der Waals surface area contributed by atoms with E-state index in [-0.39, 0.29) is 5.41 Å². The number of carbonyl (C=O) groups excluding carboxylic acids is 1. The molecule has 1 aliphatic heterocycles. The zero-order valence-corrected chi connectivity index (χ0v) is 9.96. The molecular weight excluding hydrogens is 192 g/mol. The third-order valence-corrected chi connectivity index (χ3v) is 2.28. The summed E-state index contributed by atoms with van der Waals surface area (Å²) >= 11 is 0. The number of nitrogens with zero attached hydrogens (tertiary/aromatic N) is 1. The first-order chi connectivity index (χ1) is 6.81. The van der Waals surface area contributed by atoms with E-state index in [9.17, 15) is 4.79 Å². The topological polar surface area (TPSA) is 50.7 Å². The van der Waals surface area contributed by atoms with E-state index in [2.05, 4.69) is 17.2 Å². The molecule has 86 valence electrons. The van der Waals surface area contributed by atoms with Gasteiger partial charge in [0.25, 0.3) is 0 Å². The van der Waals surface area contributed by atoms with Gasteiger partial charge < -0.3 is 10.1 Å². The molecule has 1 saturated heterocycles. The Morgan fingerprint density at radius 2 is 2.20 bits per heavy atom. The summed E-state index contributed by atoms with van der Waals surface area (Å²) in [7, 11) is 0. The summed E-state index contributed by atoms with van der Waals surface area (Å²) in [5, 5.41) is 3.24. The predicted octanol–water partition coefficient (Wildman–Crippen LogP) is 1.99. The van der Waals surface area contributed by atoms with Gasteiger partial charge in [0.1, 0.15) is 5.60 Å². The molecule has 1 N–H and O–H groups in total. The Balaban J connectivity index is 2.47. The van der Waals surface area contributed by atoms with Crippen molar-refractivity contribution in [3.63, 3.8) is 0 Å². The van der Waals surface area contributed by atoms with Crippen LogP contribution in [0.1, 0.15) is 34.1 Å². The Morgan fingerprint density at radius 3 is 2.67 bits per heavy atom. The van der Waals surface area contributed by atoms with Crippen LogP contribution in [0.5, 0.6) is 0 Å². The molecule has 0 radical (unpaired) electrons. The molecule has 0 aromatic carbocycles.